The molecule has 0 aliphatic carbocycles. The van der Waals surface area contributed by atoms with E-state index >= 15 is 0 Å². The van der Waals surface area contributed by atoms with Crippen molar-refractivity contribution in [3.63, 3.8) is 0 Å². The van der Waals surface area contributed by atoms with Gasteiger partial charge in [0.15, 0.2) is 5.13 Å². The maximum absolute atomic E-state index is 13.2. The Hall–Kier alpha value is -1.22. The molecular formula is C20H23Cl2N3O2S2. The number of morpholine rings is 1. The Balaban J connectivity index is 0.00000240. The Bertz CT molecular complexity index is 970. The molecule has 0 N–H and O–H groups in total. The lowest BCUT2D eigenvalue weighted by Gasteiger charge is -2.29. The average molecular weight is 472 g/mol. The molecule has 0 saturated carbocycles. The van der Waals surface area contributed by atoms with Crippen molar-refractivity contribution in [2.24, 2.45) is 0 Å². The number of thiazole rings is 1. The summed E-state index contributed by atoms with van der Waals surface area (Å²) in [6.07, 6.45) is 0.983. The van der Waals surface area contributed by atoms with Crippen molar-refractivity contribution in [3.8, 4) is 0 Å². The molecule has 1 saturated heterocycles. The van der Waals surface area contributed by atoms with E-state index in [1.165, 1.54) is 16.9 Å². The summed E-state index contributed by atoms with van der Waals surface area (Å²) in [7, 11) is 0. The number of fused-ring (bicyclic) bond motifs is 1. The molecule has 0 atom stereocenters. The van der Waals surface area contributed by atoms with Gasteiger partial charge in [0.2, 0.25) is 0 Å². The van der Waals surface area contributed by atoms with Gasteiger partial charge in [-0.2, -0.15) is 0 Å². The molecule has 0 spiro atoms. The predicted octanol–water partition coefficient (Wildman–Crippen LogP) is 4.97. The maximum Gasteiger partial charge on any atom is 0.270 e. The second kappa shape index (κ2) is 10.2. The quantitative estimate of drug-likeness (QED) is 0.508. The minimum Gasteiger partial charge on any atom is -0.379 e. The van der Waals surface area contributed by atoms with Crippen LogP contribution in [0, 0.1) is 0 Å². The van der Waals surface area contributed by atoms with Crippen LogP contribution in [0.1, 0.15) is 22.2 Å². The number of hydrogen-bond donors (Lipinski definition) is 0. The van der Waals surface area contributed by atoms with Crippen LogP contribution in [0.5, 0.6) is 0 Å². The van der Waals surface area contributed by atoms with Gasteiger partial charge in [-0.1, -0.05) is 35.9 Å². The molecule has 5 nitrogen and oxygen atoms in total. The fraction of sp³-hybridized carbons (Fsp3) is 0.400. The standard InChI is InChI=1S/C20H22ClN3O2S2.ClH/c1-2-14-3-4-15-17(13-14)28-20(22-15)24(8-7-23-9-11-26-12-10-23)19(25)16-5-6-18(21)27-16;/h3-6,13H,2,7-12H2,1H3;1H. The number of aryl methyl sites for hydroxylation is 1. The minimum atomic E-state index is -0.0417. The van der Waals surface area contributed by atoms with E-state index < -0.39 is 0 Å². The molecule has 1 aliphatic rings. The number of hydrogen-bond acceptors (Lipinski definition) is 6. The molecule has 29 heavy (non-hydrogen) atoms. The van der Waals surface area contributed by atoms with E-state index in [-0.39, 0.29) is 18.3 Å². The number of carbonyl (C=O) groups is 1. The maximum atomic E-state index is 13.2. The number of ether oxygens (including phenoxy) is 1. The van der Waals surface area contributed by atoms with Gasteiger partial charge >= 0.3 is 0 Å². The van der Waals surface area contributed by atoms with E-state index in [2.05, 4.69) is 24.0 Å². The summed E-state index contributed by atoms with van der Waals surface area (Å²) in [6, 6.07) is 9.87. The molecule has 9 heteroatoms. The monoisotopic (exact) mass is 471 g/mol. The average Bonchev–Trinajstić information content (AvgIpc) is 3.34. The lowest BCUT2D eigenvalue weighted by Crippen LogP contribution is -2.43. The van der Waals surface area contributed by atoms with Gasteiger partial charge in [-0.15, -0.1) is 23.7 Å². The molecular weight excluding hydrogens is 449 g/mol. The largest absolute Gasteiger partial charge is 0.379 e. The van der Waals surface area contributed by atoms with Gasteiger partial charge in [-0.25, -0.2) is 4.98 Å². The number of aromatic nitrogens is 1. The van der Waals surface area contributed by atoms with Crippen LogP contribution in [0.15, 0.2) is 30.3 Å². The molecule has 0 radical (unpaired) electrons. The van der Waals surface area contributed by atoms with Crippen molar-refractivity contribution in [2.45, 2.75) is 13.3 Å². The van der Waals surface area contributed by atoms with E-state index in [1.54, 1.807) is 28.4 Å². The number of halogens is 2. The first-order valence-corrected chi connectivity index (χ1v) is 11.4. The number of rotatable bonds is 6. The molecule has 1 fully saturated rings. The number of amides is 1. The molecule has 3 heterocycles. The fourth-order valence-electron chi connectivity index (χ4n) is 3.20. The molecule has 156 valence electrons. The molecule has 1 aliphatic heterocycles. The first-order valence-electron chi connectivity index (χ1n) is 9.41. The summed E-state index contributed by atoms with van der Waals surface area (Å²) >= 11 is 8.95. The fourth-order valence-corrected chi connectivity index (χ4v) is 5.25. The molecule has 1 amide bonds. The van der Waals surface area contributed by atoms with Crippen LogP contribution >= 0.6 is 46.7 Å². The highest BCUT2D eigenvalue weighted by Gasteiger charge is 2.24. The van der Waals surface area contributed by atoms with Crippen molar-refractivity contribution in [1.82, 2.24) is 9.88 Å². The first kappa shape index (κ1) is 22.5. The van der Waals surface area contributed by atoms with E-state index in [0.29, 0.717) is 15.8 Å². The van der Waals surface area contributed by atoms with Gasteiger partial charge in [-0.3, -0.25) is 14.6 Å². The molecule has 0 bridgehead atoms. The van der Waals surface area contributed by atoms with Crippen LogP contribution in [0.2, 0.25) is 4.34 Å². The summed E-state index contributed by atoms with van der Waals surface area (Å²) in [5, 5.41) is 0.742. The van der Waals surface area contributed by atoms with Crippen molar-refractivity contribution < 1.29 is 9.53 Å². The zero-order valence-electron chi connectivity index (χ0n) is 16.1. The highest BCUT2D eigenvalue weighted by Crippen LogP contribution is 2.32. The van der Waals surface area contributed by atoms with Gasteiger partial charge in [0.25, 0.3) is 5.91 Å². The number of nitrogens with zero attached hydrogens (tertiary/aromatic N) is 3. The zero-order valence-corrected chi connectivity index (χ0v) is 19.3. The topological polar surface area (TPSA) is 45.7 Å². The van der Waals surface area contributed by atoms with E-state index in [9.17, 15) is 4.79 Å². The number of benzene rings is 1. The van der Waals surface area contributed by atoms with E-state index in [4.69, 9.17) is 21.3 Å². The van der Waals surface area contributed by atoms with Crippen LogP contribution < -0.4 is 4.90 Å². The molecule has 2 aromatic heterocycles. The van der Waals surface area contributed by atoms with Gasteiger partial charge in [0.05, 0.1) is 32.6 Å². The van der Waals surface area contributed by atoms with Crippen molar-refractivity contribution in [1.29, 1.82) is 0 Å². The van der Waals surface area contributed by atoms with Crippen LogP contribution in [-0.4, -0.2) is 55.2 Å². The Morgan fingerprint density at radius 1 is 1.24 bits per heavy atom. The summed E-state index contributed by atoms with van der Waals surface area (Å²) in [5.41, 5.74) is 2.21. The summed E-state index contributed by atoms with van der Waals surface area (Å²) in [4.78, 5) is 22.8. The summed E-state index contributed by atoms with van der Waals surface area (Å²) < 4.78 is 7.16. The summed E-state index contributed by atoms with van der Waals surface area (Å²) in [6.45, 7) is 6.81. The number of anilines is 1. The molecule has 3 aromatic rings. The Labute approximate surface area is 189 Å². The number of carbonyl (C=O) groups excluding carboxylic acids is 1. The van der Waals surface area contributed by atoms with Gasteiger partial charge in [0, 0.05) is 26.2 Å². The minimum absolute atomic E-state index is 0. The SMILES string of the molecule is CCc1ccc2nc(N(CCN3CCOCC3)C(=O)c3ccc(Cl)s3)sc2c1.Cl. The summed E-state index contributed by atoms with van der Waals surface area (Å²) in [5.74, 6) is -0.0417. The third-order valence-corrected chi connectivity index (χ3v) is 7.11. The number of thiophene rings is 1. The van der Waals surface area contributed by atoms with Crippen molar-refractivity contribution in [2.75, 3.05) is 44.3 Å². The predicted molar refractivity (Wildman–Crippen MR) is 125 cm³/mol. The van der Waals surface area contributed by atoms with Gasteiger partial charge in [0.1, 0.15) is 0 Å². The third-order valence-electron chi connectivity index (χ3n) is 4.85. The second-order valence-corrected chi connectivity index (χ2v) is 9.39. The van der Waals surface area contributed by atoms with Crippen LogP contribution in [0.25, 0.3) is 10.2 Å². The lowest BCUT2D eigenvalue weighted by atomic mass is 10.2. The Morgan fingerprint density at radius 2 is 2.03 bits per heavy atom. The zero-order chi connectivity index (χ0) is 19.5. The highest BCUT2D eigenvalue weighted by molar-refractivity contribution is 7.22. The van der Waals surface area contributed by atoms with Gasteiger partial charge in [-0.05, 0) is 36.2 Å². The van der Waals surface area contributed by atoms with E-state index in [0.717, 1.165) is 54.6 Å². The normalized spacial score (nSPS) is 14.7. The Morgan fingerprint density at radius 3 is 2.72 bits per heavy atom. The lowest BCUT2D eigenvalue weighted by molar-refractivity contribution is 0.0391. The van der Waals surface area contributed by atoms with Crippen LogP contribution in [0.3, 0.4) is 0 Å². The molecule has 0 unspecified atom stereocenters. The van der Waals surface area contributed by atoms with Crippen LogP contribution in [0.4, 0.5) is 5.13 Å². The van der Waals surface area contributed by atoms with Crippen LogP contribution in [-0.2, 0) is 11.2 Å². The second-order valence-electron chi connectivity index (χ2n) is 6.67. The van der Waals surface area contributed by atoms with Crippen molar-refractivity contribution in [3.05, 3.63) is 45.1 Å². The van der Waals surface area contributed by atoms with Gasteiger partial charge < -0.3 is 4.74 Å². The van der Waals surface area contributed by atoms with E-state index in [1.807, 2.05) is 6.07 Å². The third kappa shape index (κ3) is 5.29. The smallest absolute Gasteiger partial charge is 0.270 e. The molecule has 4 rings (SSSR count). The molecule has 1 aromatic carbocycles. The highest BCUT2D eigenvalue weighted by atomic mass is 35.5. The first-order chi connectivity index (χ1) is 13.6. The van der Waals surface area contributed by atoms with Crippen molar-refractivity contribution >= 4 is 67.9 Å². The Kier molecular flexibility index (Phi) is 7.90.